The zero-order valence-electron chi connectivity index (χ0n) is 19.5. The van der Waals surface area contributed by atoms with E-state index in [9.17, 15) is 13.2 Å². The van der Waals surface area contributed by atoms with E-state index < -0.39 is 10.0 Å². The third kappa shape index (κ3) is 8.60. The van der Waals surface area contributed by atoms with E-state index in [-0.39, 0.29) is 6.09 Å². The molecule has 2 saturated heterocycles. The smallest absolute Gasteiger partial charge is 0.409 e. The average Bonchev–Trinajstić information content (AvgIpc) is 2.81. The topological polar surface area (TPSA) is 70.2 Å². The first-order valence-electron chi connectivity index (χ1n) is 11.0. The molecule has 178 valence electrons. The number of likely N-dealkylation sites (tertiary alicyclic amines) is 1. The van der Waals surface area contributed by atoms with Gasteiger partial charge in [-0.25, -0.2) is 13.2 Å². The monoisotopic (exact) mass is 475 g/mol. The molecule has 3 rings (SSSR count). The molecule has 9 heteroatoms. The lowest BCUT2D eigenvalue weighted by molar-refractivity contribution is 0.0965. The number of halogens is 1. The van der Waals surface area contributed by atoms with Gasteiger partial charge in [-0.2, -0.15) is 4.31 Å². The van der Waals surface area contributed by atoms with Crippen LogP contribution in [0, 0.1) is 0 Å². The van der Waals surface area contributed by atoms with E-state index in [4.69, 9.17) is 11.6 Å². The van der Waals surface area contributed by atoms with Gasteiger partial charge in [0.1, 0.15) is 0 Å². The summed E-state index contributed by atoms with van der Waals surface area (Å²) in [5, 5.41) is 0.553. The number of methoxy groups -OCH3 is 1. The first-order valence-corrected chi connectivity index (χ1v) is 12.8. The molecule has 31 heavy (non-hydrogen) atoms. The Hall–Kier alpha value is -1.35. The van der Waals surface area contributed by atoms with Crippen LogP contribution in [0.5, 0.6) is 0 Å². The van der Waals surface area contributed by atoms with E-state index >= 15 is 0 Å². The van der Waals surface area contributed by atoms with Crippen LogP contribution in [0.2, 0.25) is 5.02 Å². The van der Waals surface area contributed by atoms with E-state index in [1.165, 1.54) is 7.11 Å². The third-order valence-electron chi connectivity index (χ3n) is 5.46. The number of hydrogen-bond donors (Lipinski definition) is 0. The molecule has 2 aliphatic heterocycles. The van der Waals surface area contributed by atoms with Crippen molar-refractivity contribution < 1.29 is 17.9 Å². The van der Waals surface area contributed by atoms with Gasteiger partial charge >= 0.3 is 6.09 Å². The number of ether oxygens (including phenoxy) is 1. The zero-order chi connectivity index (χ0) is 23.4. The maximum absolute atomic E-state index is 12.2. The minimum atomic E-state index is -3.30. The minimum Gasteiger partial charge on any atom is -0.453 e. The summed E-state index contributed by atoms with van der Waals surface area (Å²) in [7, 11) is 2.03. The van der Waals surface area contributed by atoms with Crippen LogP contribution in [0.1, 0.15) is 46.0 Å². The number of sulfonamides is 1. The number of nitrogens with zero attached hydrogens (tertiary/aromatic N) is 3. The summed E-state index contributed by atoms with van der Waals surface area (Å²) in [6.07, 6.45) is 4.88. The highest BCUT2D eigenvalue weighted by molar-refractivity contribution is 7.89. The molecule has 1 aromatic carbocycles. The van der Waals surface area contributed by atoms with Crippen LogP contribution >= 0.6 is 11.6 Å². The average molecular weight is 476 g/mol. The van der Waals surface area contributed by atoms with Gasteiger partial charge in [-0.1, -0.05) is 31.9 Å². The Morgan fingerprint density at radius 2 is 1.55 bits per heavy atom. The number of amides is 1. The van der Waals surface area contributed by atoms with Gasteiger partial charge in [0.25, 0.3) is 0 Å². The quantitative estimate of drug-likeness (QED) is 0.651. The second-order valence-corrected chi connectivity index (χ2v) is 9.91. The van der Waals surface area contributed by atoms with Crippen LogP contribution < -0.4 is 0 Å². The fraction of sp³-hybridized carbons (Fsp3) is 0.682. The molecule has 2 heterocycles. The van der Waals surface area contributed by atoms with E-state index in [2.05, 4.69) is 16.7 Å². The second-order valence-electron chi connectivity index (χ2n) is 7.53. The van der Waals surface area contributed by atoms with Gasteiger partial charge in [0.05, 0.1) is 12.0 Å². The van der Waals surface area contributed by atoms with Gasteiger partial charge in [0.15, 0.2) is 0 Å². The van der Waals surface area contributed by atoms with Crippen molar-refractivity contribution in [3.63, 3.8) is 0 Å². The highest BCUT2D eigenvalue weighted by Gasteiger charge is 2.25. The number of hydrogen-bond acceptors (Lipinski definition) is 5. The zero-order valence-corrected chi connectivity index (χ0v) is 21.1. The van der Waals surface area contributed by atoms with Crippen LogP contribution in [0.15, 0.2) is 29.2 Å². The van der Waals surface area contributed by atoms with Crippen molar-refractivity contribution in [2.75, 3.05) is 47.4 Å². The Morgan fingerprint density at radius 3 is 2.03 bits per heavy atom. The van der Waals surface area contributed by atoms with Crippen LogP contribution in [0.4, 0.5) is 4.79 Å². The number of rotatable bonds is 3. The van der Waals surface area contributed by atoms with E-state index in [0.29, 0.717) is 29.0 Å². The Morgan fingerprint density at radius 1 is 1.03 bits per heavy atom. The number of carbonyl (C=O) groups excluding carboxylic acids is 1. The summed E-state index contributed by atoms with van der Waals surface area (Å²) in [6, 6.07) is 6.69. The first-order chi connectivity index (χ1) is 14.8. The summed E-state index contributed by atoms with van der Waals surface area (Å²) in [5.41, 5.74) is 0. The predicted molar refractivity (Wildman–Crippen MR) is 126 cm³/mol. The second kappa shape index (κ2) is 13.9. The Balaban J connectivity index is 0.000000293. The molecule has 2 aliphatic rings. The van der Waals surface area contributed by atoms with Crippen LogP contribution in [0.3, 0.4) is 0 Å². The molecule has 0 bridgehead atoms. The molecule has 1 aromatic rings. The third-order valence-corrected chi connectivity index (χ3v) is 7.63. The van der Waals surface area contributed by atoms with Crippen LogP contribution in [-0.4, -0.2) is 82.0 Å². The normalized spacial score (nSPS) is 18.1. The van der Waals surface area contributed by atoms with Crippen molar-refractivity contribution in [1.29, 1.82) is 0 Å². The number of benzene rings is 1. The Bertz CT molecular complexity index is 745. The largest absolute Gasteiger partial charge is 0.453 e. The van der Waals surface area contributed by atoms with Crippen molar-refractivity contribution in [2.24, 2.45) is 0 Å². The standard InChI is InChI=1S/C11H14ClNO2S.C9H18N2O2.C2H6/c12-10-4-6-11(7-5-10)16(14,15)13-8-2-1-3-9-13;1-10-6-4-8(5-7-10)11(2)9(12)13-3;1-2/h4-7H,1-3,8-9H2;8H,4-7H2,1-3H3;1-2H3. The molecule has 7 nitrogen and oxygen atoms in total. The molecule has 2 fully saturated rings. The summed E-state index contributed by atoms with van der Waals surface area (Å²) in [4.78, 5) is 15.5. The van der Waals surface area contributed by atoms with Crippen molar-refractivity contribution in [3.8, 4) is 0 Å². The molecule has 0 spiro atoms. The van der Waals surface area contributed by atoms with Crippen molar-refractivity contribution in [3.05, 3.63) is 29.3 Å². The maximum Gasteiger partial charge on any atom is 0.409 e. The lowest BCUT2D eigenvalue weighted by Crippen LogP contribution is -2.44. The maximum atomic E-state index is 12.2. The molecule has 0 saturated carbocycles. The molecule has 0 atom stereocenters. The fourth-order valence-corrected chi connectivity index (χ4v) is 5.18. The van der Waals surface area contributed by atoms with Crippen molar-refractivity contribution in [1.82, 2.24) is 14.1 Å². The van der Waals surface area contributed by atoms with Crippen LogP contribution in [0.25, 0.3) is 0 Å². The predicted octanol–water partition coefficient (Wildman–Crippen LogP) is 4.32. The molecule has 0 aliphatic carbocycles. The molecule has 0 N–H and O–H groups in total. The summed E-state index contributed by atoms with van der Waals surface area (Å²) < 4.78 is 30.6. The first kappa shape index (κ1) is 27.7. The van der Waals surface area contributed by atoms with Gasteiger partial charge in [0, 0.05) is 31.2 Å². The van der Waals surface area contributed by atoms with Crippen molar-refractivity contribution in [2.45, 2.75) is 56.9 Å². The van der Waals surface area contributed by atoms with E-state index in [1.54, 1.807) is 33.5 Å². The Labute approximate surface area is 193 Å². The Kier molecular flexibility index (Phi) is 12.4. The lowest BCUT2D eigenvalue weighted by Gasteiger charge is -2.34. The summed E-state index contributed by atoms with van der Waals surface area (Å²) in [5.74, 6) is 0. The molecular weight excluding hydrogens is 438 g/mol. The number of piperidine rings is 2. The van der Waals surface area contributed by atoms with Gasteiger partial charge in [-0.05, 0) is 70.1 Å². The molecule has 0 unspecified atom stereocenters. The molecule has 1 amide bonds. The molecule has 0 radical (unpaired) electrons. The van der Waals surface area contributed by atoms with Crippen molar-refractivity contribution >= 4 is 27.7 Å². The molecular formula is C22H38ClN3O4S. The van der Waals surface area contributed by atoms with Gasteiger partial charge < -0.3 is 14.5 Å². The lowest BCUT2D eigenvalue weighted by atomic mass is 10.0. The van der Waals surface area contributed by atoms with E-state index in [1.807, 2.05) is 20.9 Å². The highest BCUT2D eigenvalue weighted by Crippen LogP contribution is 2.21. The number of carbonyl (C=O) groups is 1. The summed E-state index contributed by atoms with van der Waals surface area (Å²) in [6.45, 7) is 7.38. The van der Waals surface area contributed by atoms with Crippen LogP contribution in [-0.2, 0) is 14.8 Å². The van der Waals surface area contributed by atoms with Gasteiger partial charge in [-0.3, -0.25) is 0 Å². The van der Waals surface area contributed by atoms with Gasteiger partial charge in [-0.15, -0.1) is 0 Å². The fourth-order valence-electron chi connectivity index (χ4n) is 3.54. The summed E-state index contributed by atoms with van der Waals surface area (Å²) >= 11 is 5.74. The highest BCUT2D eigenvalue weighted by atomic mass is 35.5. The molecule has 0 aromatic heterocycles. The van der Waals surface area contributed by atoms with E-state index in [0.717, 1.165) is 45.2 Å². The van der Waals surface area contributed by atoms with Gasteiger partial charge in [0.2, 0.25) is 10.0 Å². The SMILES string of the molecule is CC.COC(=O)N(C)C1CCN(C)CC1.O=S(=O)(c1ccc(Cl)cc1)N1CCCCC1. The minimum absolute atomic E-state index is 0.227.